The summed E-state index contributed by atoms with van der Waals surface area (Å²) in [5, 5.41) is 5.94. The second kappa shape index (κ2) is 9.51. The lowest BCUT2D eigenvalue weighted by atomic mass is 9.88. The van der Waals surface area contributed by atoms with Gasteiger partial charge in [0.1, 0.15) is 11.9 Å². The van der Waals surface area contributed by atoms with Crippen LogP contribution in [0.5, 0.6) is 0 Å². The lowest BCUT2D eigenvalue weighted by Crippen LogP contribution is -2.54. The summed E-state index contributed by atoms with van der Waals surface area (Å²) in [7, 11) is 0. The normalized spacial score (nSPS) is 17.5. The van der Waals surface area contributed by atoms with Gasteiger partial charge in [-0.15, -0.1) is 0 Å². The largest absolute Gasteiger partial charge is 0.352 e. The molecule has 0 spiro atoms. The first-order valence-corrected chi connectivity index (χ1v) is 11.1. The smallest absolute Gasteiger partial charge is 0.253 e. The Balaban J connectivity index is 1.42. The molecule has 1 heterocycles. The van der Waals surface area contributed by atoms with Gasteiger partial charge in [0, 0.05) is 30.3 Å². The Morgan fingerprint density at radius 2 is 1.66 bits per heavy atom. The molecule has 1 aliphatic heterocycles. The maximum Gasteiger partial charge on any atom is 0.253 e. The minimum atomic E-state index is -0.657. The second-order valence-electron chi connectivity index (χ2n) is 8.74. The van der Waals surface area contributed by atoms with Crippen molar-refractivity contribution in [3.8, 4) is 0 Å². The summed E-state index contributed by atoms with van der Waals surface area (Å²) in [6.07, 6.45) is 3.09. The van der Waals surface area contributed by atoms with Crippen molar-refractivity contribution in [3.63, 3.8) is 0 Å². The fourth-order valence-corrected chi connectivity index (χ4v) is 4.09. The zero-order valence-electron chi connectivity index (χ0n) is 18.1. The molecule has 2 aliphatic rings. The van der Waals surface area contributed by atoms with E-state index >= 15 is 0 Å². The number of aryl methyl sites for hydroxylation is 1. The molecule has 168 valence electrons. The molecule has 3 amide bonds. The fourth-order valence-electron chi connectivity index (χ4n) is 4.09. The molecule has 1 saturated heterocycles. The molecule has 4 rings (SSSR count). The number of hydrogen-bond acceptors (Lipinski definition) is 3. The number of likely N-dealkylation sites (tertiary alicyclic amines) is 1. The Morgan fingerprint density at radius 3 is 2.28 bits per heavy atom. The zero-order valence-corrected chi connectivity index (χ0v) is 18.1. The van der Waals surface area contributed by atoms with Gasteiger partial charge in [0.15, 0.2) is 0 Å². The van der Waals surface area contributed by atoms with Gasteiger partial charge in [-0.2, -0.15) is 0 Å². The van der Waals surface area contributed by atoms with Gasteiger partial charge in [-0.25, -0.2) is 4.39 Å². The summed E-state index contributed by atoms with van der Waals surface area (Å²) >= 11 is 0. The van der Waals surface area contributed by atoms with E-state index < -0.39 is 11.9 Å². The highest BCUT2D eigenvalue weighted by Gasteiger charge is 2.36. The molecule has 0 radical (unpaired) electrons. The highest BCUT2D eigenvalue weighted by Crippen LogP contribution is 2.25. The molecule has 1 unspecified atom stereocenters. The van der Waals surface area contributed by atoms with E-state index in [0.717, 1.165) is 18.4 Å². The number of nitrogens with one attached hydrogen (secondary N) is 2. The van der Waals surface area contributed by atoms with E-state index in [1.54, 1.807) is 23.1 Å². The van der Waals surface area contributed by atoms with Crippen LogP contribution in [0, 0.1) is 18.7 Å². The van der Waals surface area contributed by atoms with Gasteiger partial charge in [-0.3, -0.25) is 14.4 Å². The molecular weight excluding hydrogens is 409 g/mol. The Morgan fingerprint density at radius 1 is 0.969 bits per heavy atom. The van der Waals surface area contributed by atoms with Crippen LogP contribution in [-0.4, -0.2) is 47.8 Å². The van der Waals surface area contributed by atoms with Gasteiger partial charge >= 0.3 is 0 Å². The van der Waals surface area contributed by atoms with Crippen LogP contribution in [-0.2, 0) is 4.79 Å². The van der Waals surface area contributed by atoms with E-state index in [1.165, 1.54) is 18.2 Å². The van der Waals surface area contributed by atoms with Crippen molar-refractivity contribution >= 4 is 17.7 Å². The summed E-state index contributed by atoms with van der Waals surface area (Å²) < 4.78 is 13.5. The summed E-state index contributed by atoms with van der Waals surface area (Å²) in [4.78, 5) is 40.2. The van der Waals surface area contributed by atoms with Gasteiger partial charge in [0.2, 0.25) is 5.91 Å². The van der Waals surface area contributed by atoms with E-state index in [1.807, 2.05) is 19.1 Å². The summed E-state index contributed by atoms with van der Waals surface area (Å²) in [6, 6.07) is 12.4. The third-order valence-electron chi connectivity index (χ3n) is 6.18. The lowest BCUT2D eigenvalue weighted by molar-refractivity contribution is -0.124. The Hall–Kier alpha value is -3.22. The Bertz CT molecular complexity index is 996. The van der Waals surface area contributed by atoms with E-state index in [4.69, 9.17) is 0 Å². The molecule has 2 N–H and O–H groups in total. The van der Waals surface area contributed by atoms with E-state index in [2.05, 4.69) is 10.6 Å². The molecule has 32 heavy (non-hydrogen) atoms. The first-order valence-electron chi connectivity index (χ1n) is 11.1. The number of nitrogens with zero attached hydrogens (tertiary/aromatic N) is 1. The predicted octanol–water partition coefficient (Wildman–Crippen LogP) is 3.06. The number of hydrogen-bond donors (Lipinski definition) is 2. The number of carbonyl (C=O) groups excluding carboxylic acids is 3. The molecule has 2 aromatic carbocycles. The van der Waals surface area contributed by atoms with Crippen molar-refractivity contribution in [2.24, 2.45) is 5.92 Å². The molecule has 2 aromatic rings. The standard InChI is InChI=1S/C25H28FN3O3/c1-16-5-7-18(8-6-16)23(30)28-22(24(31)27-21-9-10-21)17-11-13-29(14-12-17)25(32)19-3-2-4-20(26)15-19/h2-8,15,17,21-22H,9-14H2,1H3,(H,27,31)(H,28,30). The average molecular weight is 438 g/mol. The SMILES string of the molecule is Cc1ccc(C(=O)NC(C(=O)NC2CC2)C2CCN(C(=O)c3cccc(F)c3)CC2)cc1. The van der Waals surface area contributed by atoms with Crippen LogP contribution in [0.1, 0.15) is 52.0 Å². The van der Waals surface area contributed by atoms with Crippen molar-refractivity contribution < 1.29 is 18.8 Å². The Labute approximate surface area is 187 Å². The lowest BCUT2D eigenvalue weighted by Gasteiger charge is -2.36. The second-order valence-corrected chi connectivity index (χ2v) is 8.74. The van der Waals surface area contributed by atoms with Crippen LogP contribution >= 0.6 is 0 Å². The summed E-state index contributed by atoms with van der Waals surface area (Å²) in [5.41, 5.74) is 1.89. The van der Waals surface area contributed by atoms with Crippen molar-refractivity contribution in [2.75, 3.05) is 13.1 Å². The maximum atomic E-state index is 13.5. The van der Waals surface area contributed by atoms with Crippen LogP contribution in [0.4, 0.5) is 4.39 Å². The molecule has 0 bridgehead atoms. The van der Waals surface area contributed by atoms with Crippen LogP contribution < -0.4 is 10.6 Å². The number of rotatable bonds is 6. The van der Waals surface area contributed by atoms with Crippen LogP contribution in [0.15, 0.2) is 48.5 Å². The van der Waals surface area contributed by atoms with Gasteiger partial charge in [-0.1, -0.05) is 23.8 Å². The molecule has 0 aromatic heterocycles. The summed E-state index contributed by atoms with van der Waals surface area (Å²) in [5.74, 6) is -1.19. The highest BCUT2D eigenvalue weighted by atomic mass is 19.1. The quantitative estimate of drug-likeness (QED) is 0.729. The third-order valence-corrected chi connectivity index (χ3v) is 6.18. The minimum absolute atomic E-state index is 0.0836. The van der Waals surface area contributed by atoms with Gasteiger partial charge in [-0.05, 0) is 68.9 Å². The average Bonchev–Trinajstić information content (AvgIpc) is 3.61. The van der Waals surface area contributed by atoms with Crippen LogP contribution in [0.2, 0.25) is 0 Å². The highest BCUT2D eigenvalue weighted by molar-refractivity contribution is 5.98. The topological polar surface area (TPSA) is 78.5 Å². The molecule has 7 heteroatoms. The number of piperidine rings is 1. The van der Waals surface area contributed by atoms with Crippen molar-refractivity contribution in [1.29, 1.82) is 0 Å². The molecular formula is C25H28FN3O3. The minimum Gasteiger partial charge on any atom is -0.352 e. The first-order chi connectivity index (χ1) is 15.4. The van der Waals surface area contributed by atoms with Gasteiger partial charge in [0.25, 0.3) is 11.8 Å². The monoisotopic (exact) mass is 437 g/mol. The van der Waals surface area contributed by atoms with Gasteiger partial charge in [0.05, 0.1) is 0 Å². The number of benzene rings is 2. The van der Waals surface area contributed by atoms with E-state index in [0.29, 0.717) is 37.1 Å². The number of halogens is 1. The van der Waals surface area contributed by atoms with Crippen molar-refractivity contribution in [2.45, 2.75) is 44.7 Å². The molecule has 6 nitrogen and oxygen atoms in total. The molecule has 1 aliphatic carbocycles. The van der Waals surface area contributed by atoms with Crippen LogP contribution in [0.3, 0.4) is 0 Å². The molecule has 2 fully saturated rings. The first kappa shape index (κ1) is 22.0. The van der Waals surface area contributed by atoms with Gasteiger partial charge < -0.3 is 15.5 Å². The molecule has 1 atom stereocenters. The van der Waals surface area contributed by atoms with E-state index in [-0.39, 0.29) is 29.7 Å². The Kier molecular flexibility index (Phi) is 6.53. The summed E-state index contributed by atoms with van der Waals surface area (Å²) in [6.45, 7) is 2.85. The zero-order chi connectivity index (χ0) is 22.7. The van der Waals surface area contributed by atoms with E-state index in [9.17, 15) is 18.8 Å². The predicted molar refractivity (Wildman–Crippen MR) is 119 cm³/mol. The van der Waals surface area contributed by atoms with Crippen molar-refractivity contribution in [1.82, 2.24) is 15.5 Å². The number of amides is 3. The molecule has 1 saturated carbocycles. The van der Waals surface area contributed by atoms with Crippen molar-refractivity contribution in [3.05, 3.63) is 71.0 Å². The third kappa shape index (κ3) is 5.33. The number of carbonyl (C=O) groups is 3. The van der Waals surface area contributed by atoms with Crippen LogP contribution in [0.25, 0.3) is 0 Å². The fraction of sp³-hybridized carbons (Fsp3) is 0.400. The maximum absolute atomic E-state index is 13.5.